The Hall–Kier alpha value is -2.16. The molecule has 0 aliphatic heterocycles. The van der Waals surface area contributed by atoms with E-state index >= 15 is 0 Å². The third kappa shape index (κ3) is 7.48. The number of aryl methyl sites for hydroxylation is 1. The van der Waals surface area contributed by atoms with E-state index in [1.54, 1.807) is 0 Å². The van der Waals surface area contributed by atoms with Crippen molar-refractivity contribution in [2.75, 3.05) is 0 Å². The smallest absolute Gasteiger partial charge is 0.314 e. The van der Waals surface area contributed by atoms with E-state index in [4.69, 9.17) is 4.74 Å². The SMILES string of the molecule is CCCCCCCCC1CCC(C(=O)Oc2ccc(-c3ccc(CC)cn3)cc2)CC1. The van der Waals surface area contributed by atoms with Gasteiger partial charge in [-0.2, -0.15) is 0 Å². The zero-order valence-corrected chi connectivity index (χ0v) is 19.4. The lowest BCUT2D eigenvalue weighted by Gasteiger charge is -2.27. The van der Waals surface area contributed by atoms with Crippen molar-refractivity contribution in [3.05, 3.63) is 48.2 Å². The van der Waals surface area contributed by atoms with Crippen LogP contribution < -0.4 is 4.74 Å². The summed E-state index contributed by atoms with van der Waals surface area (Å²) in [6, 6.07) is 11.9. The Morgan fingerprint density at radius 3 is 2.26 bits per heavy atom. The molecule has 2 aromatic rings. The van der Waals surface area contributed by atoms with Gasteiger partial charge in [-0.1, -0.05) is 64.9 Å². The molecule has 1 aliphatic rings. The molecule has 1 heterocycles. The van der Waals surface area contributed by atoms with Gasteiger partial charge in [-0.15, -0.1) is 0 Å². The third-order valence-electron chi connectivity index (χ3n) is 6.75. The number of hydrogen-bond donors (Lipinski definition) is 0. The molecule has 1 aliphatic carbocycles. The first-order chi connectivity index (χ1) is 15.2. The van der Waals surface area contributed by atoms with Gasteiger partial charge < -0.3 is 4.74 Å². The molecule has 1 aromatic carbocycles. The van der Waals surface area contributed by atoms with Gasteiger partial charge in [-0.05, 0) is 73.9 Å². The van der Waals surface area contributed by atoms with Crippen molar-refractivity contribution >= 4 is 5.97 Å². The average Bonchev–Trinajstić information content (AvgIpc) is 2.82. The summed E-state index contributed by atoms with van der Waals surface area (Å²) in [5.41, 5.74) is 3.22. The van der Waals surface area contributed by atoms with Crippen LogP contribution in [-0.2, 0) is 11.2 Å². The minimum absolute atomic E-state index is 0.0590. The van der Waals surface area contributed by atoms with Crippen LogP contribution in [-0.4, -0.2) is 11.0 Å². The van der Waals surface area contributed by atoms with Crippen LogP contribution in [0.15, 0.2) is 42.6 Å². The molecule has 0 amide bonds. The minimum atomic E-state index is -0.0591. The highest BCUT2D eigenvalue weighted by Crippen LogP contribution is 2.33. The molecule has 0 saturated heterocycles. The summed E-state index contributed by atoms with van der Waals surface area (Å²) in [4.78, 5) is 17.1. The van der Waals surface area contributed by atoms with Crippen molar-refractivity contribution in [2.24, 2.45) is 11.8 Å². The Morgan fingerprint density at radius 1 is 0.903 bits per heavy atom. The molecular weight excluding hydrogens is 382 g/mol. The molecule has 0 radical (unpaired) electrons. The van der Waals surface area contributed by atoms with E-state index in [-0.39, 0.29) is 11.9 Å². The van der Waals surface area contributed by atoms with Gasteiger partial charge in [0.15, 0.2) is 0 Å². The fourth-order valence-electron chi connectivity index (χ4n) is 4.60. The molecule has 1 fully saturated rings. The number of hydrogen-bond acceptors (Lipinski definition) is 3. The molecule has 168 valence electrons. The summed E-state index contributed by atoms with van der Waals surface area (Å²) in [6.07, 6.45) is 16.7. The topological polar surface area (TPSA) is 39.2 Å². The fraction of sp³-hybridized carbons (Fsp3) is 0.571. The first-order valence-corrected chi connectivity index (χ1v) is 12.5. The summed E-state index contributed by atoms with van der Waals surface area (Å²) in [5, 5.41) is 0. The maximum absolute atomic E-state index is 12.6. The molecular formula is C28H39NO2. The number of pyridine rings is 1. The third-order valence-corrected chi connectivity index (χ3v) is 6.75. The largest absolute Gasteiger partial charge is 0.426 e. The highest BCUT2D eigenvalue weighted by atomic mass is 16.5. The predicted molar refractivity (Wildman–Crippen MR) is 128 cm³/mol. The second-order valence-electron chi connectivity index (χ2n) is 9.12. The molecule has 0 bridgehead atoms. The van der Waals surface area contributed by atoms with Crippen LogP contribution in [0.5, 0.6) is 5.75 Å². The number of carbonyl (C=O) groups is 1. The van der Waals surface area contributed by atoms with Crippen molar-refractivity contribution < 1.29 is 9.53 Å². The monoisotopic (exact) mass is 421 g/mol. The maximum Gasteiger partial charge on any atom is 0.314 e. The number of ether oxygens (including phenoxy) is 1. The van der Waals surface area contributed by atoms with Crippen LogP contribution in [0.4, 0.5) is 0 Å². The van der Waals surface area contributed by atoms with Gasteiger partial charge in [0, 0.05) is 11.8 Å². The number of carbonyl (C=O) groups excluding carboxylic acids is 1. The van der Waals surface area contributed by atoms with Gasteiger partial charge in [-0.3, -0.25) is 9.78 Å². The van der Waals surface area contributed by atoms with Gasteiger partial charge in [0.2, 0.25) is 0 Å². The molecule has 3 rings (SSSR count). The summed E-state index contributed by atoms with van der Waals surface area (Å²) in [6.45, 7) is 4.39. The van der Waals surface area contributed by atoms with Gasteiger partial charge in [-0.25, -0.2) is 0 Å². The van der Waals surface area contributed by atoms with Crippen molar-refractivity contribution in [2.45, 2.75) is 90.9 Å². The zero-order valence-electron chi connectivity index (χ0n) is 19.4. The number of unbranched alkanes of at least 4 members (excludes halogenated alkanes) is 5. The van der Waals surface area contributed by atoms with E-state index in [1.165, 1.54) is 63.4 Å². The Bertz CT molecular complexity index is 774. The van der Waals surface area contributed by atoms with Gasteiger partial charge in [0.1, 0.15) is 5.75 Å². The van der Waals surface area contributed by atoms with E-state index in [0.29, 0.717) is 5.75 Å². The Balaban J connectivity index is 1.39. The van der Waals surface area contributed by atoms with E-state index in [9.17, 15) is 4.79 Å². The van der Waals surface area contributed by atoms with Gasteiger partial charge >= 0.3 is 5.97 Å². The van der Waals surface area contributed by atoms with Gasteiger partial charge in [0.05, 0.1) is 11.6 Å². The lowest BCUT2D eigenvalue weighted by Crippen LogP contribution is -2.25. The second-order valence-corrected chi connectivity index (χ2v) is 9.12. The number of benzene rings is 1. The first kappa shape index (κ1) is 23.5. The van der Waals surface area contributed by atoms with Crippen molar-refractivity contribution in [3.63, 3.8) is 0 Å². The number of rotatable bonds is 11. The van der Waals surface area contributed by atoms with Crippen LogP contribution in [0.25, 0.3) is 11.3 Å². The molecule has 0 spiro atoms. The van der Waals surface area contributed by atoms with Crippen LogP contribution in [0.3, 0.4) is 0 Å². The Morgan fingerprint density at radius 2 is 1.61 bits per heavy atom. The van der Waals surface area contributed by atoms with Crippen LogP contribution >= 0.6 is 0 Å². The average molecular weight is 422 g/mol. The quantitative estimate of drug-likeness (QED) is 0.211. The minimum Gasteiger partial charge on any atom is -0.426 e. The van der Waals surface area contributed by atoms with Crippen molar-refractivity contribution in [1.82, 2.24) is 4.98 Å². The maximum atomic E-state index is 12.6. The Kier molecular flexibility index (Phi) is 9.58. The summed E-state index contributed by atoms with van der Waals surface area (Å²) in [5.74, 6) is 1.44. The summed E-state index contributed by atoms with van der Waals surface area (Å²) in [7, 11) is 0. The number of nitrogens with zero attached hydrogens (tertiary/aromatic N) is 1. The fourth-order valence-corrected chi connectivity index (χ4v) is 4.60. The molecule has 0 unspecified atom stereocenters. The molecule has 31 heavy (non-hydrogen) atoms. The van der Waals surface area contributed by atoms with Crippen molar-refractivity contribution in [3.8, 4) is 17.0 Å². The van der Waals surface area contributed by atoms with E-state index in [0.717, 1.165) is 36.4 Å². The summed E-state index contributed by atoms with van der Waals surface area (Å²) >= 11 is 0. The normalized spacial score (nSPS) is 18.6. The zero-order chi connectivity index (χ0) is 21.9. The highest BCUT2D eigenvalue weighted by Gasteiger charge is 2.27. The highest BCUT2D eigenvalue weighted by molar-refractivity contribution is 5.75. The predicted octanol–water partition coefficient (Wildman–Crippen LogP) is 7.77. The van der Waals surface area contributed by atoms with Crippen LogP contribution in [0, 0.1) is 11.8 Å². The van der Waals surface area contributed by atoms with E-state index < -0.39 is 0 Å². The number of aromatic nitrogens is 1. The number of esters is 1. The standard InChI is InChI=1S/C28H39NO2/c1-3-5-6-7-8-9-10-23-11-14-25(15-12-23)28(30)31-26-18-16-24(17-19-26)27-20-13-22(4-2)21-29-27/h13,16-21,23,25H,3-12,14-15H2,1-2H3. The molecule has 0 N–H and O–H groups in total. The lowest BCUT2D eigenvalue weighted by molar-refractivity contribution is -0.140. The first-order valence-electron chi connectivity index (χ1n) is 12.5. The molecule has 3 nitrogen and oxygen atoms in total. The molecule has 3 heteroatoms. The molecule has 0 atom stereocenters. The van der Waals surface area contributed by atoms with Gasteiger partial charge in [0.25, 0.3) is 0 Å². The van der Waals surface area contributed by atoms with E-state index in [1.807, 2.05) is 36.5 Å². The molecule has 1 aromatic heterocycles. The second kappa shape index (κ2) is 12.6. The molecule has 1 saturated carbocycles. The van der Waals surface area contributed by atoms with Crippen molar-refractivity contribution in [1.29, 1.82) is 0 Å². The van der Waals surface area contributed by atoms with E-state index in [2.05, 4.69) is 24.9 Å². The summed E-state index contributed by atoms with van der Waals surface area (Å²) < 4.78 is 5.69. The Labute approximate surface area is 188 Å². The van der Waals surface area contributed by atoms with Crippen LogP contribution in [0.2, 0.25) is 0 Å². The van der Waals surface area contributed by atoms with Crippen LogP contribution in [0.1, 0.15) is 90.0 Å². The lowest BCUT2D eigenvalue weighted by atomic mass is 9.80.